The second-order valence-corrected chi connectivity index (χ2v) is 9.00. The van der Waals surface area contributed by atoms with Crippen LogP contribution in [0.15, 0.2) is 107 Å². The van der Waals surface area contributed by atoms with Gasteiger partial charge in [-0.1, -0.05) is 72.4 Å². The summed E-state index contributed by atoms with van der Waals surface area (Å²) in [4.78, 5) is 12.9. The molecule has 0 fully saturated rings. The van der Waals surface area contributed by atoms with Gasteiger partial charge >= 0.3 is 0 Å². The number of amides is 1. The van der Waals surface area contributed by atoms with E-state index in [1.807, 2.05) is 54.6 Å². The number of hydrogen-bond acceptors (Lipinski definition) is 5. The van der Waals surface area contributed by atoms with Gasteiger partial charge in [0.25, 0.3) is 5.91 Å². The van der Waals surface area contributed by atoms with Crippen LogP contribution in [0.25, 0.3) is 5.69 Å². The zero-order valence-electron chi connectivity index (χ0n) is 19.3. The second-order valence-electron chi connectivity index (χ2n) is 8.06. The molecule has 0 atom stereocenters. The molecular weight excluding hydrogens is 475 g/mol. The fraction of sp³-hybridized carbons (Fsp3) is 0.107. The van der Waals surface area contributed by atoms with E-state index >= 15 is 0 Å². The number of hydrogen-bond donors (Lipinski definition) is 1. The van der Waals surface area contributed by atoms with Gasteiger partial charge in [0.05, 0.1) is 18.5 Å². The lowest BCUT2D eigenvalue weighted by atomic mass is 10.1. The molecule has 0 aliphatic rings. The Kier molecular flexibility index (Phi) is 7.23. The average molecular weight is 499 g/mol. The fourth-order valence-electron chi connectivity index (χ4n) is 3.85. The van der Waals surface area contributed by atoms with E-state index in [0.29, 0.717) is 46.7 Å². The second kappa shape index (κ2) is 11.0. The Morgan fingerprint density at radius 3 is 2.50 bits per heavy atom. The van der Waals surface area contributed by atoms with E-state index in [-0.39, 0.29) is 11.7 Å². The maximum Gasteiger partial charge on any atom is 0.251 e. The van der Waals surface area contributed by atoms with Crippen molar-refractivity contribution < 1.29 is 13.6 Å². The Bertz CT molecular complexity index is 1450. The average Bonchev–Trinajstić information content (AvgIpc) is 3.57. The van der Waals surface area contributed by atoms with Crippen LogP contribution in [-0.2, 0) is 18.7 Å². The Morgan fingerprint density at radius 2 is 1.69 bits per heavy atom. The molecule has 0 saturated heterocycles. The fourth-order valence-corrected chi connectivity index (χ4v) is 4.82. The summed E-state index contributed by atoms with van der Waals surface area (Å²) < 4.78 is 21.9. The molecule has 0 saturated carbocycles. The number of para-hydroxylation sites is 1. The first-order valence-corrected chi connectivity index (χ1v) is 12.4. The maximum absolute atomic E-state index is 14.8. The van der Waals surface area contributed by atoms with Crippen molar-refractivity contribution in [1.82, 2.24) is 20.1 Å². The van der Waals surface area contributed by atoms with E-state index in [9.17, 15) is 9.18 Å². The van der Waals surface area contributed by atoms with Crippen LogP contribution < -0.4 is 5.32 Å². The monoisotopic (exact) mass is 498 g/mol. The topological polar surface area (TPSA) is 73.0 Å². The van der Waals surface area contributed by atoms with E-state index in [1.54, 1.807) is 41.2 Å². The molecule has 1 amide bonds. The van der Waals surface area contributed by atoms with Crippen LogP contribution in [0, 0.1) is 5.82 Å². The first kappa shape index (κ1) is 23.6. The van der Waals surface area contributed by atoms with Gasteiger partial charge in [-0.3, -0.25) is 9.36 Å². The molecule has 0 unspecified atom stereocenters. The molecule has 8 heteroatoms. The van der Waals surface area contributed by atoms with Crippen molar-refractivity contribution in [1.29, 1.82) is 0 Å². The minimum Gasteiger partial charge on any atom is -0.467 e. The zero-order valence-corrected chi connectivity index (χ0v) is 20.1. The van der Waals surface area contributed by atoms with Crippen LogP contribution in [0.2, 0.25) is 0 Å². The molecule has 2 heterocycles. The van der Waals surface area contributed by atoms with Crippen LogP contribution in [0.1, 0.15) is 33.1 Å². The lowest BCUT2D eigenvalue weighted by molar-refractivity contribution is 0.0947. The largest absolute Gasteiger partial charge is 0.467 e. The van der Waals surface area contributed by atoms with Gasteiger partial charge in [0.1, 0.15) is 17.4 Å². The van der Waals surface area contributed by atoms with E-state index in [0.717, 1.165) is 11.1 Å². The predicted octanol–water partition coefficient (Wildman–Crippen LogP) is 5.81. The zero-order chi connectivity index (χ0) is 24.7. The molecule has 3 aromatic carbocycles. The standard InChI is InChI=1S/C28H23FN4O2S/c29-24-14-6-7-15-25(24)33-26(17-20-9-2-1-3-10-20)31-32-28(33)36-19-21-11-4-5-13-23(21)27(34)30-18-22-12-8-16-35-22/h1-16H,17-19H2,(H,30,34). The number of carbonyl (C=O) groups is 1. The highest BCUT2D eigenvalue weighted by atomic mass is 32.2. The highest BCUT2D eigenvalue weighted by molar-refractivity contribution is 7.98. The Hall–Kier alpha value is -4.17. The number of nitrogens with zero attached hydrogens (tertiary/aromatic N) is 3. The van der Waals surface area contributed by atoms with Crippen molar-refractivity contribution in [3.05, 3.63) is 131 Å². The van der Waals surface area contributed by atoms with Crippen LogP contribution >= 0.6 is 11.8 Å². The van der Waals surface area contributed by atoms with Gasteiger partial charge < -0.3 is 9.73 Å². The lowest BCUT2D eigenvalue weighted by Gasteiger charge is -2.12. The summed E-state index contributed by atoms with van der Waals surface area (Å²) in [5.74, 6) is 1.23. The first-order valence-electron chi connectivity index (χ1n) is 11.4. The van der Waals surface area contributed by atoms with Crippen LogP contribution in [-0.4, -0.2) is 20.7 Å². The SMILES string of the molecule is O=C(NCc1ccco1)c1ccccc1CSc1nnc(Cc2ccccc2)n1-c1ccccc1F. The third kappa shape index (κ3) is 5.39. The summed E-state index contributed by atoms with van der Waals surface area (Å²) >= 11 is 1.41. The van der Waals surface area contributed by atoms with Crippen molar-refractivity contribution >= 4 is 17.7 Å². The van der Waals surface area contributed by atoms with E-state index in [2.05, 4.69) is 15.5 Å². The lowest BCUT2D eigenvalue weighted by Crippen LogP contribution is -2.23. The van der Waals surface area contributed by atoms with Crippen LogP contribution in [0.4, 0.5) is 4.39 Å². The summed E-state index contributed by atoms with van der Waals surface area (Å²) in [5.41, 5.74) is 2.85. The van der Waals surface area contributed by atoms with Gasteiger partial charge in [0.2, 0.25) is 0 Å². The molecule has 5 rings (SSSR count). The number of rotatable bonds is 9. The van der Waals surface area contributed by atoms with Crippen molar-refractivity contribution in [2.45, 2.75) is 23.9 Å². The van der Waals surface area contributed by atoms with Gasteiger partial charge in [-0.15, -0.1) is 10.2 Å². The van der Waals surface area contributed by atoms with Gasteiger partial charge in [-0.25, -0.2) is 4.39 Å². The Balaban J connectivity index is 1.39. The highest BCUT2D eigenvalue weighted by Gasteiger charge is 2.19. The minimum absolute atomic E-state index is 0.192. The maximum atomic E-state index is 14.8. The number of furan rings is 1. The van der Waals surface area contributed by atoms with Crippen molar-refractivity contribution in [2.24, 2.45) is 0 Å². The normalized spacial score (nSPS) is 10.9. The van der Waals surface area contributed by atoms with Crippen molar-refractivity contribution in [3.8, 4) is 5.69 Å². The summed E-state index contributed by atoms with van der Waals surface area (Å²) in [7, 11) is 0. The summed E-state index contributed by atoms with van der Waals surface area (Å²) in [5, 5.41) is 12.2. The number of benzene rings is 3. The summed E-state index contributed by atoms with van der Waals surface area (Å²) in [6.45, 7) is 0.303. The van der Waals surface area contributed by atoms with E-state index in [4.69, 9.17) is 4.42 Å². The minimum atomic E-state index is -0.355. The molecule has 0 aliphatic carbocycles. The van der Waals surface area contributed by atoms with E-state index < -0.39 is 0 Å². The van der Waals surface area contributed by atoms with Crippen molar-refractivity contribution in [3.63, 3.8) is 0 Å². The third-order valence-corrected chi connectivity index (χ3v) is 6.60. The molecule has 0 aliphatic heterocycles. The molecule has 180 valence electrons. The van der Waals surface area contributed by atoms with Crippen molar-refractivity contribution in [2.75, 3.05) is 0 Å². The van der Waals surface area contributed by atoms with E-state index in [1.165, 1.54) is 17.8 Å². The molecular formula is C28H23FN4O2S. The number of halogens is 1. The van der Waals surface area contributed by atoms with Gasteiger partial charge in [-0.2, -0.15) is 0 Å². The summed E-state index contributed by atoms with van der Waals surface area (Å²) in [6, 6.07) is 27.5. The van der Waals surface area contributed by atoms with Crippen LogP contribution in [0.5, 0.6) is 0 Å². The molecule has 6 nitrogen and oxygen atoms in total. The molecule has 0 bridgehead atoms. The molecule has 5 aromatic rings. The summed E-state index contributed by atoms with van der Waals surface area (Å²) in [6.07, 6.45) is 2.08. The Morgan fingerprint density at radius 1 is 0.917 bits per heavy atom. The molecule has 0 radical (unpaired) electrons. The number of aromatic nitrogens is 3. The molecule has 1 N–H and O–H groups in total. The smallest absolute Gasteiger partial charge is 0.251 e. The predicted molar refractivity (Wildman–Crippen MR) is 136 cm³/mol. The first-order chi connectivity index (χ1) is 17.7. The quantitative estimate of drug-likeness (QED) is 0.260. The molecule has 0 spiro atoms. The number of nitrogens with one attached hydrogen (secondary N) is 1. The van der Waals surface area contributed by atoms with Gasteiger partial charge in [-0.05, 0) is 41.5 Å². The van der Waals surface area contributed by atoms with Gasteiger partial charge in [0, 0.05) is 17.7 Å². The Labute approximate surface area is 212 Å². The van der Waals surface area contributed by atoms with Crippen LogP contribution in [0.3, 0.4) is 0 Å². The third-order valence-electron chi connectivity index (χ3n) is 5.62. The highest BCUT2D eigenvalue weighted by Crippen LogP contribution is 2.28. The molecule has 2 aromatic heterocycles. The molecule has 36 heavy (non-hydrogen) atoms. The van der Waals surface area contributed by atoms with Gasteiger partial charge in [0.15, 0.2) is 5.16 Å². The number of thioether (sulfide) groups is 1. The number of carbonyl (C=O) groups excluding carboxylic acids is 1.